The van der Waals surface area contributed by atoms with E-state index in [0.29, 0.717) is 29.5 Å². The van der Waals surface area contributed by atoms with Gasteiger partial charge in [-0.1, -0.05) is 54.4 Å². The quantitative estimate of drug-likeness (QED) is 0.669. The number of hydrogen-bond donors (Lipinski definition) is 0. The van der Waals surface area contributed by atoms with E-state index in [-0.39, 0.29) is 0 Å². The molecule has 0 saturated heterocycles. The van der Waals surface area contributed by atoms with Crippen molar-refractivity contribution >= 4 is 5.78 Å². The van der Waals surface area contributed by atoms with Crippen LogP contribution in [-0.4, -0.2) is 5.78 Å². The highest BCUT2D eigenvalue weighted by Gasteiger charge is 2.45. The summed E-state index contributed by atoms with van der Waals surface area (Å²) in [4.78, 5) is 12.1. The third-order valence-corrected chi connectivity index (χ3v) is 6.39. The lowest BCUT2D eigenvalue weighted by Crippen LogP contribution is -2.45. The zero-order valence-electron chi connectivity index (χ0n) is 14.1. The van der Waals surface area contributed by atoms with E-state index in [4.69, 9.17) is 0 Å². The van der Waals surface area contributed by atoms with Crippen LogP contribution >= 0.6 is 0 Å². The van der Waals surface area contributed by atoms with Crippen molar-refractivity contribution in [1.82, 2.24) is 0 Å². The van der Waals surface area contributed by atoms with Crippen LogP contribution in [0.25, 0.3) is 0 Å². The minimum atomic E-state index is 0.294. The topological polar surface area (TPSA) is 17.1 Å². The van der Waals surface area contributed by atoms with Crippen molar-refractivity contribution in [2.75, 3.05) is 0 Å². The number of carbonyl (C=O) groups is 1. The smallest absolute Gasteiger partial charge is 0.133 e. The fourth-order valence-corrected chi connectivity index (χ4v) is 4.44. The summed E-state index contributed by atoms with van der Waals surface area (Å²) in [6.07, 6.45) is 3.48. The predicted molar refractivity (Wildman–Crippen MR) is 83.0 cm³/mol. The lowest BCUT2D eigenvalue weighted by Gasteiger charge is -2.49. The molecule has 1 nitrogen and oxygen atoms in total. The van der Waals surface area contributed by atoms with E-state index < -0.39 is 0 Å². The van der Waals surface area contributed by atoms with Crippen LogP contribution in [0.1, 0.15) is 67.7 Å². The van der Waals surface area contributed by atoms with Gasteiger partial charge in [-0.15, -0.1) is 0 Å². The van der Waals surface area contributed by atoms with E-state index in [2.05, 4.69) is 41.5 Å². The predicted octanol–water partition coefficient (Wildman–Crippen LogP) is 5.19. The first kappa shape index (κ1) is 16.7. The minimum absolute atomic E-state index is 0.294. The van der Waals surface area contributed by atoms with Gasteiger partial charge in [-0.25, -0.2) is 0 Å². The molecule has 0 aromatic heterocycles. The zero-order valence-corrected chi connectivity index (χ0v) is 14.1. The monoisotopic (exact) mass is 266 g/mol. The Hall–Kier alpha value is -0.330. The fourth-order valence-electron chi connectivity index (χ4n) is 4.44. The molecule has 5 unspecified atom stereocenters. The van der Waals surface area contributed by atoms with E-state index in [1.165, 1.54) is 12.8 Å². The van der Waals surface area contributed by atoms with Gasteiger partial charge in [0.1, 0.15) is 5.78 Å². The van der Waals surface area contributed by atoms with Gasteiger partial charge in [-0.2, -0.15) is 0 Å². The maximum absolute atomic E-state index is 12.1. The van der Waals surface area contributed by atoms with Crippen molar-refractivity contribution in [2.24, 2.45) is 41.4 Å². The summed E-state index contributed by atoms with van der Waals surface area (Å²) in [6.45, 7) is 16.0. The molecule has 1 aliphatic carbocycles. The Bertz CT molecular complexity index is 280. The fraction of sp³-hybridized carbons (Fsp3) is 0.944. The first-order valence-electron chi connectivity index (χ1n) is 8.33. The SMILES string of the molecule is CCCCC(C(C)=O)C1C(C)C(C)C(C)C(C)C1C. The Kier molecular flexibility index (Phi) is 6.08. The van der Waals surface area contributed by atoms with Crippen LogP contribution in [0.3, 0.4) is 0 Å². The summed E-state index contributed by atoms with van der Waals surface area (Å²) in [7, 11) is 0. The molecule has 112 valence electrons. The van der Waals surface area contributed by atoms with Gasteiger partial charge in [-0.3, -0.25) is 4.79 Å². The standard InChI is InChI=1S/C18H34O/c1-8-9-10-17(16(7)19)18-14(5)12(3)11(2)13(4)15(18)6/h11-15,17-18H,8-10H2,1-7H3. The Morgan fingerprint density at radius 3 is 1.68 bits per heavy atom. The van der Waals surface area contributed by atoms with Gasteiger partial charge in [-0.05, 0) is 48.9 Å². The van der Waals surface area contributed by atoms with Crippen LogP contribution in [0.2, 0.25) is 0 Å². The summed E-state index contributed by atoms with van der Waals surface area (Å²) in [5, 5.41) is 0. The highest BCUT2D eigenvalue weighted by molar-refractivity contribution is 5.78. The third-order valence-electron chi connectivity index (χ3n) is 6.39. The van der Waals surface area contributed by atoms with Gasteiger partial charge in [0.15, 0.2) is 0 Å². The van der Waals surface area contributed by atoms with E-state index >= 15 is 0 Å². The number of hydrogen-bond acceptors (Lipinski definition) is 1. The van der Waals surface area contributed by atoms with Crippen molar-refractivity contribution < 1.29 is 4.79 Å². The molecular formula is C18H34O. The normalized spacial score (nSPS) is 41.0. The summed E-state index contributed by atoms with van der Waals surface area (Å²) in [5.41, 5.74) is 0. The van der Waals surface area contributed by atoms with Gasteiger partial charge in [0, 0.05) is 5.92 Å². The molecule has 0 spiro atoms. The molecule has 5 atom stereocenters. The molecule has 0 aromatic carbocycles. The molecule has 0 amide bonds. The van der Waals surface area contributed by atoms with Crippen LogP contribution in [0.5, 0.6) is 0 Å². The largest absolute Gasteiger partial charge is 0.300 e. The van der Waals surface area contributed by atoms with Gasteiger partial charge < -0.3 is 0 Å². The molecule has 1 rings (SSSR count). The lowest BCUT2D eigenvalue weighted by molar-refractivity contribution is -0.127. The first-order chi connectivity index (χ1) is 8.82. The number of carbonyl (C=O) groups excluding carboxylic acids is 1. The van der Waals surface area contributed by atoms with E-state index in [9.17, 15) is 4.79 Å². The second kappa shape index (κ2) is 6.90. The van der Waals surface area contributed by atoms with Gasteiger partial charge in [0.05, 0.1) is 0 Å². The van der Waals surface area contributed by atoms with Crippen LogP contribution in [-0.2, 0) is 4.79 Å². The summed E-state index contributed by atoms with van der Waals surface area (Å²) in [5.74, 6) is 4.90. The maximum atomic E-state index is 12.1. The molecule has 1 aliphatic rings. The van der Waals surface area contributed by atoms with E-state index in [1.807, 2.05) is 6.92 Å². The second-order valence-corrected chi connectivity index (χ2v) is 7.23. The van der Waals surface area contributed by atoms with Gasteiger partial charge >= 0.3 is 0 Å². The summed E-state index contributed by atoms with van der Waals surface area (Å²) < 4.78 is 0. The molecule has 0 N–H and O–H groups in total. The molecule has 0 bridgehead atoms. The van der Waals surface area contributed by atoms with Gasteiger partial charge in [0.25, 0.3) is 0 Å². The molecular weight excluding hydrogens is 232 g/mol. The first-order valence-corrected chi connectivity index (χ1v) is 8.33. The molecule has 1 fully saturated rings. The van der Waals surface area contributed by atoms with Crippen LogP contribution in [0.15, 0.2) is 0 Å². The van der Waals surface area contributed by atoms with Crippen LogP contribution < -0.4 is 0 Å². The summed E-state index contributed by atoms with van der Waals surface area (Å²) in [6, 6.07) is 0. The Labute approximate surface area is 120 Å². The van der Waals surface area contributed by atoms with Crippen molar-refractivity contribution in [1.29, 1.82) is 0 Å². The number of unbranched alkanes of at least 4 members (excludes halogenated alkanes) is 1. The third kappa shape index (κ3) is 3.41. The minimum Gasteiger partial charge on any atom is -0.300 e. The average molecular weight is 266 g/mol. The molecule has 0 heterocycles. The zero-order chi connectivity index (χ0) is 14.7. The second-order valence-electron chi connectivity index (χ2n) is 7.23. The molecule has 0 radical (unpaired) electrons. The number of rotatable bonds is 5. The summed E-state index contributed by atoms with van der Waals surface area (Å²) >= 11 is 0. The Morgan fingerprint density at radius 1 is 0.895 bits per heavy atom. The molecule has 0 aliphatic heterocycles. The van der Waals surface area contributed by atoms with Crippen molar-refractivity contribution in [3.8, 4) is 0 Å². The highest BCUT2D eigenvalue weighted by Crippen LogP contribution is 2.49. The molecule has 1 heteroatoms. The van der Waals surface area contributed by atoms with Crippen LogP contribution in [0, 0.1) is 41.4 Å². The van der Waals surface area contributed by atoms with Crippen molar-refractivity contribution in [3.63, 3.8) is 0 Å². The van der Waals surface area contributed by atoms with E-state index in [0.717, 1.165) is 24.2 Å². The van der Waals surface area contributed by atoms with Crippen molar-refractivity contribution in [2.45, 2.75) is 67.7 Å². The highest BCUT2D eigenvalue weighted by atomic mass is 16.1. The molecule has 0 aromatic rings. The molecule has 19 heavy (non-hydrogen) atoms. The maximum Gasteiger partial charge on any atom is 0.133 e. The average Bonchev–Trinajstić information content (AvgIpc) is 2.37. The lowest BCUT2D eigenvalue weighted by atomic mass is 9.55. The van der Waals surface area contributed by atoms with Crippen molar-refractivity contribution in [3.05, 3.63) is 0 Å². The Morgan fingerprint density at radius 2 is 1.32 bits per heavy atom. The Balaban J connectivity index is 2.95. The van der Waals surface area contributed by atoms with E-state index in [1.54, 1.807) is 0 Å². The van der Waals surface area contributed by atoms with Crippen LogP contribution in [0.4, 0.5) is 0 Å². The van der Waals surface area contributed by atoms with Gasteiger partial charge in [0.2, 0.25) is 0 Å². The molecule has 1 saturated carbocycles. The number of ketones is 1. The number of Topliss-reactive ketones (excluding diaryl/α,β-unsaturated/α-hetero) is 1.